The second-order valence-electron chi connectivity index (χ2n) is 2.32. The molecule has 1 aliphatic heterocycles. The van der Waals surface area contributed by atoms with Gasteiger partial charge in [-0.3, -0.25) is 0 Å². The molecule has 0 aromatic heterocycles. The summed E-state index contributed by atoms with van der Waals surface area (Å²) in [6.45, 7) is 6.78. The average molecular weight is 209 g/mol. The number of nitrogens with zero attached hydrogens (tertiary/aromatic N) is 1. The highest BCUT2D eigenvalue weighted by Gasteiger charge is 2.01. The van der Waals surface area contributed by atoms with E-state index in [1.165, 1.54) is 13.1 Å². The quantitative estimate of drug-likeness (QED) is 0.597. The topological polar surface area (TPSA) is 15.3 Å². The Balaban J connectivity index is 0.000000236. The van der Waals surface area contributed by atoms with Crippen LogP contribution < -0.4 is 5.32 Å². The van der Waals surface area contributed by atoms with E-state index in [0.717, 1.165) is 18.4 Å². The molecule has 0 aliphatic carbocycles. The maximum Gasteiger partial charge on any atom is 0.0104 e. The smallest absolute Gasteiger partial charge is 0.0104 e. The van der Waals surface area contributed by atoms with Gasteiger partial charge in [0.15, 0.2) is 0 Å². The first-order valence-corrected chi connectivity index (χ1v) is 4.88. The van der Waals surface area contributed by atoms with Crippen LogP contribution in [0.4, 0.5) is 0 Å². The van der Waals surface area contributed by atoms with Crippen LogP contribution in [0, 0.1) is 0 Å². The lowest BCUT2D eigenvalue weighted by Crippen LogP contribution is -2.40. The third kappa shape index (κ3) is 6.52. The molecule has 1 rings (SSSR count). The van der Waals surface area contributed by atoms with Crippen LogP contribution in [0.5, 0.6) is 0 Å². The van der Waals surface area contributed by atoms with Gasteiger partial charge in [-0.1, -0.05) is 22.9 Å². The minimum absolute atomic E-state index is 1.06. The average Bonchev–Trinajstić information content (AvgIpc) is 1.91. The molecule has 1 fully saturated rings. The molecule has 0 bridgehead atoms. The van der Waals surface area contributed by atoms with Gasteiger partial charge >= 0.3 is 0 Å². The second-order valence-corrected chi connectivity index (χ2v) is 3.44. The van der Waals surface area contributed by atoms with Crippen molar-refractivity contribution in [3.05, 3.63) is 0 Å². The molecule has 0 aromatic rings. The molecule has 10 heavy (non-hydrogen) atoms. The highest BCUT2D eigenvalue weighted by atomic mass is 79.9. The Morgan fingerprint density at radius 2 is 1.80 bits per heavy atom. The van der Waals surface area contributed by atoms with Crippen LogP contribution >= 0.6 is 15.9 Å². The molecule has 0 amide bonds. The van der Waals surface area contributed by atoms with Crippen LogP contribution in [-0.4, -0.2) is 43.5 Å². The van der Waals surface area contributed by atoms with Crippen molar-refractivity contribution in [1.82, 2.24) is 10.2 Å². The molecule has 3 heteroatoms. The van der Waals surface area contributed by atoms with Crippen molar-refractivity contribution in [1.29, 1.82) is 0 Å². The number of likely N-dealkylation sites (N-methyl/N-ethyl adjacent to an activating group) is 1. The largest absolute Gasteiger partial charge is 0.314 e. The number of rotatable bonds is 0. The van der Waals surface area contributed by atoms with Gasteiger partial charge in [0.1, 0.15) is 0 Å². The van der Waals surface area contributed by atoms with Gasteiger partial charge in [-0.25, -0.2) is 0 Å². The normalized spacial score (nSPS) is 19.5. The molecule has 0 unspecified atom stereocenters. The number of nitrogens with one attached hydrogen (secondary N) is 1. The van der Waals surface area contributed by atoms with E-state index in [4.69, 9.17) is 0 Å². The molecule has 62 valence electrons. The van der Waals surface area contributed by atoms with Crippen molar-refractivity contribution in [2.75, 3.05) is 38.6 Å². The van der Waals surface area contributed by atoms with Gasteiger partial charge in [-0.2, -0.15) is 0 Å². The molecule has 1 saturated heterocycles. The van der Waals surface area contributed by atoms with E-state index in [2.05, 4.69) is 33.2 Å². The van der Waals surface area contributed by atoms with Gasteiger partial charge in [0.2, 0.25) is 0 Å². The summed E-state index contributed by atoms with van der Waals surface area (Å²) in [5.74, 6) is 0. The van der Waals surface area contributed by atoms with E-state index < -0.39 is 0 Å². The van der Waals surface area contributed by atoms with Crippen LogP contribution in [0.2, 0.25) is 0 Å². The zero-order valence-corrected chi connectivity index (χ0v) is 8.45. The number of alkyl halides is 1. The predicted molar refractivity (Wildman–Crippen MR) is 49.8 cm³/mol. The summed E-state index contributed by atoms with van der Waals surface area (Å²) in [6, 6.07) is 0. The monoisotopic (exact) mass is 208 g/mol. The maximum absolute atomic E-state index is 3.27. The fourth-order valence-corrected chi connectivity index (χ4v) is 0.777. The third-order valence-electron chi connectivity index (χ3n) is 1.34. The van der Waals surface area contributed by atoms with Gasteiger partial charge in [-0.15, -0.1) is 0 Å². The van der Waals surface area contributed by atoms with Crippen LogP contribution in [0.15, 0.2) is 0 Å². The zero-order valence-electron chi connectivity index (χ0n) is 6.86. The lowest BCUT2D eigenvalue weighted by Gasteiger charge is -2.21. The van der Waals surface area contributed by atoms with Gasteiger partial charge in [0.25, 0.3) is 0 Å². The van der Waals surface area contributed by atoms with Crippen molar-refractivity contribution in [3.8, 4) is 0 Å². The summed E-state index contributed by atoms with van der Waals surface area (Å²) in [4.78, 5) is 2.33. The maximum atomic E-state index is 3.27. The van der Waals surface area contributed by atoms with Crippen LogP contribution in [0.1, 0.15) is 6.92 Å². The molecule has 0 atom stereocenters. The fourth-order valence-electron chi connectivity index (χ4n) is 0.777. The Kier molecular flexibility index (Phi) is 7.81. The third-order valence-corrected chi connectivity index (χ3v) is 1.34. The van der Waals surface area contributed by atoms with Crippen molar-refractivity contribution >= 4 is 15.9 Å². The lowest BCUT2D eigenvalue weighted by atomic mass is 10.4. The SMILES string of the molecule is CCBr.CN1CCNCC1. The number of hydrogen-bond donors (Lipinski definition) is 1. The van der Waals surface area contributed by atoms with Crippen LogP contribution in [0.25, 0.3) is 0 Å². The van der Waals surface area contributed by atoms with Crippen molar-refractivity contribution < 1.29 is 0 Å². The Morgan fingerprint density at radius 3 is 2.00 bits per heavy atom. The van der Waals surface area contributed by atoms with Gasteiger partial charge in [-0.05, 0) is 7.05 Å². The first kappa shape index (κ1) is 10.4. The highest BCUT2D eigenvalue weighted by Crippen LogP contribution is 1.83. The van der Waals surface area contributed by atoms with Crippen molar-refractivity contribution in [3.63, 3.8) is 0 Å². The Hall–Kier alpha value is 0.400. The Bertz CT molecular complexity index is 62.6. The summed E-state index contributed by atoms with van der Waals surface area (Å²) in [5.41, 5.74) is 0. The van der Waals surface area contributed by atoms with Gasteiger partial charge in [0.05, 0.1) is 0 Å². The summed E-state index contributed by atoms with van der Waals surface area (Å²) >= 11 is 3.15. The molecule has 2 nitrogen and oxygen atoms in total. The van der Waals surface area contributed by atoms with E-state index in [9.17, 15) is 0 Å². The van der Waals surface area contributed by atoms with Gasteiger partial charge < -0.3 is 10.2 Å². The van der Waals surface area contributed by atoms with E-state index in [0.29, 0.717) is 0 Å². The minimum atomic E-state index is 1.06. The molecule has 0 spiro atoms. The van der Waals surface area contributed by atoms with E-state index in [-0.39, 0.29) is 0 Å². The van der Waals surface area contributed by atoms with Crippen molar-refractivity contribution in [2.24, 2.45) is 0 Å². The van der Waals surface area contributed by atoms with Crippen molar-refractivity contribution in [2.45, 2.75) is 6.92 Å². The standard InChI is InChI=1S/C5H12N2.C2H5Br/c1-7-4-2-6-3-5-7;1-2-3/h6H,2-5H2,1H3;2H2,1H3. The molecule has 1 aliphatic rings. The van der Waals surface area contributed by atoms with E-state index >= 15 is 0 Å². The molecule has 1 heterocycles. The summed E-state index contributed by atoms with van der Waals surface area (Å²) in [7, 11) is 2.15. The highest BCUT2D eigenvalue weighted by molar-refractivity contribution is 9.09. The number of hydrogen-bond acceptors (Lipinski definition) is 2. The molecular weight excluding hydrogens is 192 g/mol. The Morgan fingerprint density at radius 1 is 1.40 bits per heavy atom. The molecule has 1 N–H and O–H groups in total. The van der Waals surface area contributed by atoms with E-state index in [1.807, 2.05) is 6.92 Å². The minimum Gasteiger partial charge on any atom is -0.314 e. The first-order valence-electron chi connectivity index (χ1n) is 3.76. The first-order chi connectivity index (χ1) is 4.81. The summed E-state index contributed by atoms with van der Waals surface area (Å²) in [5, 5.41) is 4.34. The summed E-state index contributed by atoms with van der Waals surface area (Å²) in [6.07, 6.45) is 0. The molecule has 0 radical (unpaired) electrons. The summed E-state index contributed by atoms with van der Waals surface area (Å²) < 4.78 is 0. The Labute approximate surface area is 72.1 Å². The van der Waals surface area contributed by atoms with Gasteiger partial charge in [0, 0.05) is 31.5 Å². The predicted octanol–water partition coefficient (Wildman–Crippen LogP) is 0.923. The second kappa shape index (κ2) is 7.51. The lowest BCUT2D eigenvalue weighted by molar-refractivity contribution is 0.291. The molecular formula is C7H17BrN2. The number of halogens is 1. The molecule has 0 saturated carbocycles. The fraction of sp³-hybridized carbons (Fsp3) is 1.00. The van der Waals surface area contributed by atoms with E-state index in [1.54, 1.807) is 0 Å². The zero-order chi connectivity index (χ0) is 7.82. The molecule has 0 aromatic carbocycles. The van der Waals surface area contributed by atoms with Crippen LogP contribution in [-0.2, 0) is 0 Å². The number of piperazine rings is 1. The van der Waals surface area contributed by atoms with Crippen LogP contribution in [0.3, 0.4) is 0 Å².